The van der Waals surface area contributed by atoms with Crippen molar-refractivity contribution in [3.63, 3.8) is 0 Å². The number of ether oxygens (including phenoxy) is 2. The predicted molar refractivity (Wildman–Crippen MR) is 136 cm³/mol. The molecule has 1 aromatic heterocycles. The molecule has 6 nitrogen and oxygen atoms in total. The molecule has 34 heavy (non-hydrogen) atoms. The molecule has 1 aliphatic heterocycles. The minimum absolute atomic E-state index is 0.104. The first-order chi connectivity index (χ1) is 16.5. The van der Waals surface area contributed by atoms with Crippen molar-refractivity contribution in [2.75, 3.05) is 46.0 Å². The van der Waals surface area contributed by atoms with Gasteiger partial charge in [-0.3, -0.25) is 9.69 Å². The molecule has 1 saturated heterocycles. The van der Waals surface area contributed by atoms with Crippen molar-refractivity contribution in [3.05, 3.63) is 59.3 Å². The van der Waals surface area contributed by atoms with Gasteiger partial charge in [0, 0.05) is 53.3 Å². The zero-order valence-electron chi connectivity index (χ0n) is 19.7. The molecule has 1 fully saturated rings. The van der Waals surface area contributed by atoms with E-state index in [2.05, 4.69) is 10.2 Å². The van der Waals surface area contributed by atoms with Crippen LogP contribution in [-0.2, 0) is 9.53 Å². The van der Waals surface area contributed by atoms with E-state index in [4.69, 9.17) is 25.5 Å². The van der Waals surface area contributed by atoms with Crippen molar-refractivity contribution >= 4 is 34.1 Å². The molecule has 1 amide bonds. The lowest BCUT2D eigenvalue weighted by Gasteiger charge is -2.26. The number of amides is 1. The molecule has 2 aromatic carbocycles. The molecule has 3 aromatic rings. The summed E-state index contributed by atoms with van der Waals surface area (Å²) in [6.45, 7) is 9.49. The van der Waals surface area contributed by atoms with Crippen LogP contribution in [0.25, 0.3) is 27.7 Å². The summed E-state index contributed by atoms with van der Waals surface area (Å²) in [5.74, 6) is 0.591. The Balaban J connectivity index is 1.50. The highest BCUT2D eigenvalue weighted by Crippen LogP contribution is 2.37. The van der Waals surface area contributed by atoms with Crippen LogP contribution in [0.4, 0.5) is 0 Å². The first-order valence-electron chi connectivity index (χ1n) is 11.8. The number of fused-ring (bicyclic) bond motifs is 1. The van der Waals surface area contributed by atoms with Crippen LogP contribution < -0.4 is 10.1 Å². The molecule has 1 aliphatic rings. The number of hydrogen-bond acceptors (Lipinski definition) is 5. The van der Waals surface area contributed by atoms with E-state index < -0.39 is 0 Å². The summed E-state index contributed by atoms with van der Waals surface area (Å²) in [6, 6.07) is 11.6. The summed E-state index contributed by atoms with van der Waals surface area (Å²) in [5, 5.41) is 4.65. The van der Waals surface area contributed by atoms with Crippen LogP contribution in [0.5, 0.6) is 5.75 Å². The van der Waals surface area contributed by atoms with E-state index in [-0.39, 0.29) is 5.91 Å². The maximum atomic E-state index is 12.6. The van der Waals surface area contributed by atoms with Gasteiger partial charge in [-0.2, -0.15) is 0 Å². The van der Waals surface area contributed by atoms with Gasteiger partial charge < -0.3 is 19.2 Å². The Kier molecular flexibility index (Phi) is 8.27. The van der Waals surface area contributed by atoms with Gasteiger partial charge in [-0.05, 0) is 56.1 Å². The molecule has 0 bridgehead atoms. The standard InChI is InChI=1S/C27H31ClN2O4/c1-3-33-25-17-26-23(24(18-34-26)20-5-7-21(28)8-6-20)16-22(25)19(2)15-27(31)29-9-4-10-30-11-13-32-14-12-30/h5-8,15-18H,3-4,9-14H2,1-2H3,(H,29,31)/b19-15+. The summed E-state index contributed by atoms with van der Waals surface area (Å²) >= 11 is 6.05. The van der Waals surface area contributed by atoms with Crippen molar-refractivity contribution in [3.8, 4) is 16.9 Å². The van der Waals surface area contributed by atoms with Gasteiger partial charge in [-0.1, -0.05) is 23.7 Å². The van der Waals surface area contributed by atoms with Crippen LogP contribution in [0.15, 0.2) is 53.2 Å². The third-order valence-corrected chi connectivity index (χ3v) is 6.21. The summed E-state index contributed by atoms with van der Waals surface area (Å²) < 4.78 is 17.1. The van der Waals surface area contributed by atoms with Gasteiger partial charge in [-0.15, -0.1) is 0 Å². The number of morpholine rings is 1. The fourth-order valence-electron chi connectivity index (χ4n) is 4.16. The molecule has 1 N–H and O–H groups in total. The third kappa shape index (κ3) is 6.00. The Morgan fingerprint density at radius 2 is 1.97 bits per heavy atom. The SMILES string of the molecule is CCOc1cc2occ(-c3ccc(Cl)cc3)c2cc1/C(C)=C/C(=O)NCCCN1CCOCC1. The normalized spacial score (nSPS) is 15.0. The first kappa shape index (κ1) is 24.3. The van der Waals surface area contributed by atoms with E-state index in [9.17, 15) is 4.79 Å². The molecule has 0 saturated carbocycles. The van der Waals surface area contributed by atoms with Gasteiger partial charge in [-0.25, -0.2) is 0 Å². The van der Waals surface area contributed by atoms with E-state index in [1.54, 1.807) is 12.3 Å². The highest BCUT2D eigenvalue weighted by molar-refractivity contribution is 6.30. The Hall–Kier alpha value is -2.80. The molecular weight excluding hydrogens is 452 g/mol. The highest BCUT2D eigenvalue weighted by atomic mass is 35.5. The Morgan fingerprint density at radius 3 is 2.71 bits per heavy atom. The van der Waals surface area contributed by atoms with Gasteiger partial charge in [0.1, 0.15) is 11.3 Å². The molecule has 0 radical (unpaired) electrons. The Bertz CT molecular complexity index is 1150. The third-order valence-electron chi connectivity index (χ3n) is 5.96. The summed E-state index contributed by atoms with van der Waals surface area (Å²) in [5.41, 5.74) is 4.42. The fraction of sp³-hybridized carbons (Fsp3) is 0.370. The number of allylic oxidation sites excluding steroid dienone is 1. The highest BCUT2D eigenvalue weighted by Gasteiger charge is 2.15. The van der Waals surface area contributed by atoms with Crippen LogP contribution in [-0.4, -0.2) is 56.8 Å². The van der Waals surface area contributed by atoms with Gasteiger partial charge in [0.15, 0.2) is 0 Å². The van der Waals surface area contributed by atoms with Crippen molar-refractivity contribution < 1.29 is 18.7 Å². The summed E-state index contributed by atoms with van der Waals surface area (Å²) in [4.78, 5) is 15.0. The predicted octanol–water partition coefficient (Wildman–Crippen LogP) is 5.39. The average Bonchev–Trinajstić information content (AvgIpc) is 3.25. The maximum Gasteiger partial charge on any atom is 0.244 e. The second kappa shape index (κ2) is 11.6. The fourth-order valence-corrected chi connectivity index (χ4v) is 4.28. The van der Waals surface area contributed by atoms with E-state index >= 15 is 0 Å². The zero-order chi connectivity index (χ0) is 23.9. The largest absolute Gasteiger partial charge is 0.493 e. The molecule has 0 unspecified atom stereocenters. The van der Waals surface area contributed by atoms with Crippen LogP contribution >= 0.6 is 11.6 Å². The second-order valence-corrected chi connectivity index (χ2v) is 8.80. The molecule has 180 valence electrons. The summed E-state index contributed by atoms with van der Waals surface area (Å²) in [6.07, 6.45) is 4.29. The quantitative estimate of drug-likeness (QED) is 0.327. The van der Waals surface area contributed by atoms with Crippen LogP contribution in [0.2, 0.25) is 5.02 Å². The first-order valence-corrected chi connectivity index (χ1v) is 12.1. The molecule has 7 heteroatoms. The number of carbonyl (C=O) groups is 1. The molecular formula is C27H31ClN2O4. The van der Waals surface area contributed by atoms with Crippen LogP contribution in [0.1, 0.15) is 25.8 Å². The zero-order valence-corrected chi connectivity index (χ0v) is 20.5. The Labute approximate surface area is 205 Å². The number of halogens is 1. The minimum Gasteiger partial charge on any atom is -0.493 e. The van der Waals surface area contributed by atoms with Crippen molar-refractivity contribution in [1.82, 2.24) is 10.2 Å². The number of nitrogens with zero attached hydrogens (tertiary/aromatic N) is 1. The van der Waals surface area contributed by atoms with Gasteiger partial charge >= 0.3 is 0 Å². The average molecular weight is 483 g/mol. The lowest BCUT2D eigenvalue weighted by atomic mass is 9.99. The topological polar surface area (TPSA) is 63.9 Å². The molecule has 0 aliphatic carbocycles. The van der Waals surface area contributed by atoms with Crippen molar-refractivity contribution in [1.29, 1.82) is 0 Å². The van der Waals surface area contributed by atoms with E-state index in [1.165, 1.54) is 0 Å². The number of hydrogen-bond donors (Lipinski definition) is 1. The van der Waals surface area contributed by atoms with Crippen molar-refractivity contribution in [2.45, 2.75) is 20.3 Å². The van der Waals surface area contributed by atoms with Crippen LogP contribution in [0, 0.1) is 0 Å². The molecule has 2 heterocycles. The molecule has 0 spiro atoms. The number of rotatable bonds is 9. The Morgan fingerprint density at radius 1 is 1.21 bits per heavy atom. The lowest BCUT2D eigenvalue weighted by Crippen LogP contribution is -2.38. The van der Waals surface area contributed by atoms with Gasteiger partial charge in [0.05, 0.1) is 26.1 Å². The number of nitrogens with one attached hydrogen (secondary N) is 1. The number of benzene rings is 2. The number of carbonyl (C=O) groups excluding carboxylic acids is 1. The smallest absolute Gasteiger partial charge is 0.244 e. The minimum atomic E-state index is -0.104. The van der Waals surface area contributed by atoms with E-state index in [0.717, 1.165) is 72.5 Å². The number of furan rings is 1. The van der Waals surface area contributed by atoms with Crippen LogP contribution in [0.3, 0.4) is 0 Å². The summed E-state index contributed by atoms with van der Waals surface area (Å²) in [7, 11) is 0. The van der Waals surface area contributed by atoms with Gasteiger partial charge in [0.2, 0.25) is 5.91 Å². The van der Waals surface area contributed by atoms with Gasteiger partial charge in [0.25, 0.3) is 0 Å². The second-order valence-electron chi connectivity index (χ2n) is 8.36. The molecule has 0 atom stereocenters. The molecule has 4 rings (SSSR count). The van der Waals surface area contributed by atoms with E-state index in [0.29, 0.717) is 23.9 Å². The monoisotopic (exact) mass is 482 g/mol. The van der Waals surface area contributed by atoms with Crippen molar-refractivity contribution in [2.24, 2.45) is 0 Å². The lowest BCUT2D eigenvalue weighted by molar-refractivity contribution is -0.116. The van der Waals surface area contributed by atoms with E-state index in [1.807, 2.05) is 50.2 Å². The maximum absolute atomic E-state index is 12.6.